The van der Waals surface area contributed by atoms with Gasteiger partial charge in [0, 0.05) is 58.2 Å². The Hall–Kier alpha value is -2.51. The van der Waals surface area contributed by atoms with E-state index in [1.165, 1.54) is 0 Å². The maximum atomic E-state index is 12.2. The van der Waals surface area contributed by atoms with Crippen molar-refractivity contribution in [2.45, 2.75) is 51.6 Å². The van der Waals surface area contributed by atoms with Gasteiger partial charge in [-0.1, -0.05) is 18.2 Å². The number of para-hydroxylation sites is 1. The highest BCUT2D eigenvalue weighted by Crippen LogP contribution is 2.25. The molecule has 3 heterocycles. The van der Waals surface area contributed by atoms with Crippen LogP contribution in [0, 0.1) is 0 Å². The number of hydrogen-bond donors (Lipinski definition) is 0. The zero-order valence-corrected chi connectivity index (χ0v) is 18.5. The van der Waals surface area contributed by atoms with Crippen LogP contribution in [0.25, 0.3) is 21.9 Å². The highest BCUT2D eigenvalue weighted by atomic mass is 16.5. The summed E-state index contributed by atoms with van der Waals surface area (Å²) in [5.74, 6) is 1.20. The van der Waals surface area contributed by atoms with Gasteiger partial charge >= 0.3 is 0 Å². The summed E-state index contributed by atoms with van der Waals surface area (Å²) in [7, 11) is 1.72. The largest absolute Gasteiger partial charge is 0.384 e. The highest BCUT2D eigenvalue weighted by molar-refractivity contribution is 6.02. The number of rotatable bonds is 9. The molecule has 31 heavy (non-hydrogen) atoms. The molecule has 0 unspecified atom stereocenters. The van der Waals surface area contributed by atoms with Gasteiger partial charge in [0.25, 0.3) is 0 Å². The number of ether oxygens (including phenoxy) is 2. The molecule has 0 aliphatic carbocycles. The third-order valence-corrected chi connectivity index (χ3v) is 6.16. The predicted molar refractivity (Wildman–Crippen MR) is 121 cm³/mol. The van der Waals surface area contributed by atoms with Gasteiger partial charge < -0.3 is 18.9 Å². The molecule has 0 bridgehead atoms. The smallest absolute Gasteiger partial charge is 0.219 e. The summed E-state index contributed by atoms with van der Waals surface area (Å²) >= 11 is 0. The van der Waals surface area contributed by atoms with Crippen molar-refractivity contribution in [3.05, 3.63) is 36.3 Å². The minimum Gasteiger partial charge on any atom is -0.384 e. The first kappa shape index (κ1) is 21.7. The molecule has 166 valence electrons. The van der Waals surface area contributed by atoms with E-state index in [0.29, 0.717) is 12.6 Å². The van der Waals surface area contributed by atoms with Crippen molar-refractivity contribution in [2.75, 3.05) is 33.5 Å². The predicted octanol–water partition coefficient (Wildman–Crippen LogP) is 3.58. The lowest BCUT2D eigenvalue weighted by molar-refractivity contribution is -0.133. The lowest BCUT2D eigenvalue weighted by Crippen LogP contribution is -2.42. The van der Waals surface area contributed by atoms with Crippen LogP contribution in [0.15, 0.2) is 30.5 Å². The summed E-state index contributed by atoms with van der Waals surface area (Å²) in [5.41, 5.74) is 3.05. The monoisotopic (exact) mass is 424 g/mol. The zero-order chi connectivity index (χ0) is 21.6. The van der Waals surface area contributed by atoms with E-state index in [1.54, 1.807) is 14.0 Å². The maximum absolute atomic E-state index is 12.2. The van der Waals surface area contributed by atoms with E-state index in [-0.39, 0.29) is 5.91 Å². The molecule has 1 saturated heterocycles. The van der Waals surface area contributed by atoms with Crippen LogP contribution in [0.1, 0.15) is 38.4 Å². The number of amides is 1. The summed E-state index contributed by atoms with van der Waals surface area (Å²) in [6, 6.07) is 8.53. The Kier molecular flexibility index (Phi) is 7.14. The molecule has 4 rings (SSSR count). The van der Waals surface area contributed by atoms with E-state index >= 15 is 0 Å². The van der Waals surface area contributed by atoms with Gasteiger partial charge in [0.2, 0.25) is 5.91 Å². The number of imidazole rings is 1. The second-order valence-corrected chi connectivity index (χ2v) is 8.19. The van der Waals surface area contributed by atoms with Crippen molar-refractivity contribution in [1.29, 1.82) is 0 Å². The fourth-order valence-corrected chi connectivity index (χ4v) is 4.58. The number of methoxy groups -OCH3 is 1. The highest BCUT2D eigenvalue weighted by Gasteiger charge is 2.23. The van der Waals surface area contributed by atoms with Crippen molar-refractivity contribution >= 4 is 27.8 Å². The van der Waals surface area contributed by atoms with E-state index < -0.39 is 0 Å². The summed E-state index contributed by atoms with van der Waals surface area (Å²) in [6.07, 6.45) is 6.45. The van der Waals surface area contributed by atoms with Gasteiger partial charge in [0.05, 0.1) is 23.8 Å². The van der Waals surface area contributed by atoms with Gasteiger partial charge in [-0.2, -0.15) is 0 Å². The molecule has 3 aromatic rings. The Morgan fingerprint density at radius 1 is 1.23 bits per heavy atom. The molecule has 1 aliphatic rings. The van der Waals surface area contributed by atoms with Crippen LogP contribution in [-0.2, 0) is 27.2 Å². The lowest BCUT2D eigenvalue weighted by Gasteiger charge is -2.33. The second-order valence-electron chi connectivity index (χ2n) is 8.19. The number of unbranched alkanes of at least 4 members (excludes halogenated alkanes) is 1. The summed E-state index contributed by atoms with van der Waals surface area (Å²) < 4.78 is 13.1. The summed E-state index contributed by atoms with van der Waals surface area (Å²) in [4.78, 5) is 23.7. The maximum Gasteiger partial charge on any atom is 0.219 e. The van der Waals surface area contributed by atoms with Crippen LogP contribution < -0.4 is 0 Å². The first-order valence-corrected chi connectivity index (χ1v) is 11.3. The fraction of sp³-hybridized carbons (Fsp3) is 0.542. The Labute approximate surface area is 183 Å². The Bertz CT molecular complexity index is 1030. The number of carbonyl (C=O) groups is 1. The summed E-state index contributed by atoms with van der Waals surface area (Å²) in [5, 5.41) is 1.13. The third-order valence-electron chi connectivity index (χ3n) is 6.16. The van der Waals surface area contributed by atoms with E-state index in [2.05, 4.69) is 15.6 Å². The number of carbonyl (C=O) groups excluding carboxylic acids is 1. The average molecular weight is 425 g/mol. The standard InChI is InChI=1S/C24H32N4O3/c1-18(29)27(19-9-15-31-16-10-19)12-5-6-13-28-23(11-14-30-2)26-22-17-25-21-8-4-3-7-20(21)24(22)28/h3-4,7-8,17,19H,5-6,9-16H2,1-2H3. The molecule has 1 aliphatic heterocycles. The van der Waals surface area contributed by atoms with E-state index in [1.807, 2.05) is 29.3 Å². The van der Waals surface area contributed by atoms with Gasteiger partial charge in [0.15, 0.2) is 0 Å². The average Bonchev–Trinajstić information content (AvgIpc) is 3.15. The molecule has 0 saturated carbocycles. The first-order valence-electron chi connectivity index (χ1n) is 11.3. The van der Waals surface area contributed by atoms with E-state index in [4.69, 9.17) is 14.5 Å². The van der Waals surface area contributed by atoms with Gasteiger partial charge in [-0.25, -0.2) is 4.98 Å². The van der Waals surface area contributed by atoms with Gasteiger partial charge in [0.1, 0.15) is 11.3 Å². The van der Waals surface area contributed by atoms with Gasteiger partial charge in [-0.3, -0.25) is 9.78 Å². The molecule has 0 N–H and O–H groups in total. The van der Waals surface area contributed by atoms with Crippen LogP contribution in [0.3, 0.4) is 0 Å². The number of pyridine rings is 1. The van der Waals surface area contributed by atoms with Crippen molar-refractivity contribution in [3.63, 3.8) is 0 Å². The third kappa shape index (κ3) is 4.88. The van der Waals surface area contributed by atoms with Crippen molar-refractivity contribution < 1.29 is 14.3 Å². The fourth-order valence-electron chi connectivity index (χ4n) is 4.58. The SMILES string of the molecule is COCCc1nc2cnc3ccccc3c2n1CCCCN(C(C)=O)C1CCOCC1. The number of aryl methyl sites for hydroxylation is 1. The molecular formula is C24H32N4O3. The molecule has 7 heteroatoms. The van der Waals surface area contributed by atoms with Crippen LogP contribution in [0.2, 0.25) is 0 Å². The van der Waals surface area contributed by atoms with Gasteiger partial charge in [-0.15, -0.1) is 0 Å². The number of hydrogen-bond acceptors (Lipinski definition) is 5. The number of fused-ring (bicyclic) bond motifs is 3. The van der Waals surface area contributed by atoms with Crippen LogP contribution in [0.5, 0.6) is 0 Å². The van der Waals surface area contributed by atoms with Crippen molar-refractivity contribution in [1.82, 2.24) is 19.4 Å². The molecule has 1 fully saturated rings. The molecule has 7 nitrogen and oxygen atoms in total. The van der Waals surface area contributed by atoms with Crippen LogP contribution in [-0.4, -0.2) is 64.9 Å². The Morgan fingerprint density at radius 2 is 2.03 bits per heavy atom. The number of nitrogens with zero attached hydrogens (tertiary/aromatic N) is 4. The molecule has 1 aromatic carbocycles. The molecule has 0 spiro atoms. The second kappa shape index (κ2) is 10.2. The number of benzene rings is 1. The normalized spacial score (nSPS) is 15.0. The molecule has 0 radical (unpaired) electrons. The van der Waals surface area contributed by atoms with E-state index in [9.17, 15) is 4.79 Å². The van der Waals surface area contributed by atoms with Crippen LogP contribution in [0.4, 0.5) is 0 Å². The molecule has 2 aromatic heterocycles. The lowest BCUT2D eigenvalue weighted by atomic mass is 10.1. The Morgan fingerprint density at radius 3 is 2.81 bits per heavy atom. The summed E-state index contributed by atoms with van der Waals surface area (Å²) in [6.45, 7) is 5.47. The minimum absolute atomic E-state index is 0.165. The minimum atomic E-state index is 0.165. The quantitative estimate of drug-likeness (QED) is 0.491. The number of aromatic nitrogens is 3. The molecule has 0 atom stereocenters. The van der Waals surface area contributed by atoms with Crippen LogP contribution >= 0.6 is 0 Å². The van der Waals surface area contributed by atoms with Crippen molar-refractivity contribution in [3.8, 4) is 0 Å². The van der Waals surface area contributed by atoms with E-state index in [0.717, 1.165) is 86.2 Å². The van der Waals surface area contributed by atoms with Gasteiger partial charge in [-0.05, 0) is 31.7 Å². The Balaban J connectivity index is 1.51. The zero-order valence-electron chi connectivity index (χ0n) is 18.5. The van der Waals surface area contributed by atoms with Crippen molar-refractivity contribution in [2.24, 2.45) is 0 Å². The molecule has 1 amide bonds. The first-order chi connectivity index (χ1) is 15.2. The molecular weight excluding hydrogens is 392 g/mol. The topological polar surface area (TPSA) is 69.5 Å².